The molecule has 0 saturated carbocycles. The van der Waals surface area contributed by atoms with Gasteiger partial charge in [0.05, 0.1) is 5.56 Å². The third-order valence-electron chi connectivity index (χ3n) is 6.16. The first-order chi connectivity index (χ1) is 25.0. The molecule has 3 heterocycles. The molecule has 0 spiro atoms. The fraction of sp³-hybridized carbons (Fsp3) is 0.0857. The Kier molecular flexibility index (Phi) is 36.6. The van der Waals surface area contributed by atoms with E-state index in [4.69, 9.17) is 40.1 Å². The minimum Gasteiger partial charge on any atom is -0.753 e. The van der Waals surface area contributed by atoms with Crippen LogP contribution < -0.4 is 48.7 Å². The number of anilines is 1. The summed E-state index contributed by atoms with van der Waals surface area (Å²) in [6, 6.07) is 27.7. The summed E-state index contributed by atoms with van der Waals surface area (Å²) in [7, 11) is 3.09. The van der Waals surface area contributed by atoms with E-state index in [2.05, 4.69) is 52.8 Å². The number of H-pyrrole nitrogens is 2. The molecule has 15 nitrogen and oxygen atoms in total. The predicted molar refractivity (Wildman–Crippen MR) is 215 cm³/mol. The third kappa shape index (κ3) is 20.7. The summed E-state index contributed by atoms with van der Waals surface area (Å²) >= 11 is 14.0. The number of nitrogens with two attached hydrogens (primary N) is 2. The number of isothiocyanates is 1. The summed E-state index contributed by atoms with van der Waals surface area (Å²) in [5.74, 6) is -0.988. The Morgan fingerprint density at radius 1 is 0.772 bits per heavy atom. The topological polar surface area (TPSA) is 262 Å². The van der Waals surface area contributed by atoms with Crippen LogP contribution in [0.15, 0.2) is 116 Å². The summed E-state index contributed by atoms with van der Waals surface area (Å²) in [5.41, 5.74) is 11.9. The fourth-order valence-corrected chi connectivity index (χ4v) is 4.34. The molecule has 0 aliphatic rings. The second-order valence-corrected chi connectivity index (χ2v) is 10.2. The van der Waals surface area contributed by atoms with Crippen molar-refractivity contribution in [3.63, 3.8) is 0 Å². The fourth-order valence-electron chi connectivity index (χ4n) is 3.98. The Bertz CT molecular complexity index is 2630. The van der Waals surface area contributed by atoms with Crippen LogP contribution in [0.4, 0.5) is 5.69 Å². The van der Waals surface area contributed by atoms with E-state index in [1.165, 1.54) is 18.3 Å². The molecule has 22 heteroatoms. The van der Waals surface area contributed by atoms with Crippen LogP contribution in [0.25, 0.3) is 38.1 Å². The van der Waals surface area contributed by atoms with E-state index < -0.39 is 5.97 Å². The zero-order valence-corrected chi connectivity index (χ0v) is 43.4. The molecule has 0 unspecified atom stereocenters. The Balaban J connectivity index is -0.000000308. The molecule has 57 heavy (non-hydrogen) atoms. The van der Waals surface area contributed by atoms with Gasteiger partial charge < -0.3 is 56.9 Å². The normalized spacial score (nSPS) is 9.02. The number of nitrogens with zero attached hydrogens (tertiary/aromatic N) is 6. The average molecular weight is 1130 g/mol. The molecule has 7 N–H and O–H groups in total. The van der Waals surface area contributed by atoms with Gasteiger partial charge in [0.15, 0.2) is 11.1 Å². The molecule has 0 saturated heterocycles. The Morgan fingerprint density at radius 2 is 1.19 bits per heavy atom. The average Bonchev–Trinajstić information content (AvgIpc) is 3.13. The van der Waals surface area contributed by atoms with Crippen molar-refractivity contribution < 1.29 is 141 Å². The van der Waals surface area contributed by atoms with E-state index in [0.29, 0.717) is 33.0 Å². The van der Waals surface area contributed by atoms with E-state index in [0.717, 1.165) is 11.0 Å². The van der Waals surface area contributed by atoms with E-state index in [-0.39, 0.29) is 171 Å². The third-order valence-corrected chi connectivity index (χ3v) is 6.52. The maximum absolute atomic E-state index is 11.4. The Labute approximate surface area is 442 Å². The first kappa shape index (κ1) is 61.7. The predicted octanol–water partition coefficient (Wildman–Crippen LogP) is 4.26. The number of rotatable bonds is 1. The number of halogens is 1. The number of nitrogen functional groups attached to an aromatic ring is 1. The number of nitrogens with one attached hydrogen (secondary N) is 2. The molecule has 4 radical (unpaired) electrons. The molecule has 288 valence electrons. The molecule has 3 aromatic heterocycles. The first-order valence-corrected chi connectivity index (χ1v) is 15.7. The van der Waals surface area contributed by atoms with Crippen LogP contribution in [0, 0.1) is 4.77 Å². The number of aromatic amines is 2. The van der Waals surface area contributed by atoms with E-state index >= 15 is 0 Å². The Hall–Kier alpha value is -1.94. The second kappa shape index (κ2) is 33.8. The van der Waals surface area contributed by atoms with Crippen molar-refractivity contribution in [2.45, 2.75) is 7.43 Å². The monoisotopic (exact) mass is 1130 g/mol. The van der Waals surface area contributed by atoms with Gasteiger partial charge >= 0.3 is 5.97 Å². The van der Waals surface area contributed by atoms with Gasteiger partial charge in [-0.05, 0) is 42.8 Å². The zero-order valence-electron chi connectivity index (χ0n) is 29.7. The van der Waals surface area contributed by atoms with Gasteiger partial charge in [0.25, 0.3) is 0 Å². The van der Waals surface area contributed by atoms with E-state index in [1.807, 2.05) is 24.3 Å². The molecule has 4 aromatic carbocycles. The SMILES string of the molecule is C.CN.CN=c1[n-]c(=O)c2ccccc2[nH]1.Nc1ccccc1C(=O)O.O=c1[n-]c(=S)[nH]c2ccccc12.O=c1[n-]c(Cl)nc2ccccc12.[N-]=C=S.[Y].[Y].[Y].[Y]. The van der Waals surface area contributed by atoms with Crippen LogP contribution in [-0.2, 0) is 131 Å². The van der Waals surface area contributed by atoms with Gasteiger partial charge in [-0.3, -0.25) is 14.4 Å². The molecule has 0 amide bonds. The number of carboxylic acids is 1. The molecular formula is C35H33ClN10O5S2Y4-4. The van der Waals surface area contributed by atoms with Crippen molar-refractivity contribution in [3.05, 3.63) is 155 Å². The minimum absolute atomic E-state index is 0. The van der Waals surface area contributed by atoms with Crippen molar-refractivity contribution in [2.75, 3.05) is 19.8 Å². The first-order valence-electron chi connectivity index (χ1n) is 14.5. The van der Waals surface area contributed by atoms with Crippen LogP contribution in [0.1, 0.15) is 17.8 Å². The van der Waals surface area contributed by atoms with Gasteiger partial charge in [-0.25, -0.2) is 4.79 Å². The molecule has 0 aliphatic carbocycles. The molecule has 7 aromatic rings. The Morgan fingerprint density at radius 3 is 1.68 bits per heavy atom. The van der Waals surface area contributed by atoms with Crippen LogP contribution in [0.2, 0.25) is 5.28 Å². The number of aromatic nitrogens is 6. The van der Waals surface area contributed by atoms with Gasteiger partial charge in [0.2, 0.25) is 5.56 Å². The summed E-state index contributed by atoms with van der Waals surface area (Å²) in [4.78, 5) is 68.4. The number of hydrogen-bond donors (Lipinski definition) is 5. The molecule has 0 atom stereocenters. The number of fused-ring (bicyclic) bond motifs is 3. The van der Waals surface area contributed by atoms with Crippen LogP contribution in [-0.4, -0.2) is 45.3 Å². The van der Waals surface area contributed by atoms with Crippen LogP contribution in [0.3, 0.4) is 0 Å². The number of carbonyl (C=O) groups is 1. The maximum Gasteiger partial charge on any atom is 0.337 e. The number of benzene rings is 4. The molecule has 0 fully saturated rings. The van der Waals surface area contributed by atoms with Crippen molar-refractivity contribution in [1.82, 2.24) is 29.9 Å². The number of thiocarbonyl (C=S) groups is 1. The maximum atomic E-state index is 11.4. The summed E-state index contributed by atoms with van der Waals surface area (Å²) in [5, 5.41) is 18.6. The molecule has 7 rings (SSSR count). The van der Waals surface area contributed by atoms with Gasteiger partial charge in [-0.2, -0.15) is 5.16 Å². The van der Waals surface area contributed by atoms with Crippen molar-refractivity contribution in [2.24, 2.45) is 10.7 Å². The molecular weight excluding hydrogens is 1100 g/mol. The van der Waals surface area contributed by atoms with Crippen molar-refractivity contribution >= 4 is 85.6 Å². The second-order valence-electron chi connectivity index (χ2n) is 9.33. The largest absolute Gasteiger partial charge is 0.753 e. The number of para-hydroxylation sites is 4. The molecule has 0 bridgehead atoms. The van der Waals surface area contributed by atoms with Gasteiger partial charge in [0.1, 0.15) is 0 Å². The van der Waals surface area contributed by atoms with Gasteiger partial charge in [0, 0.05) is 168 Å². The van der Waals surface area contributed by atoms with E-state index in [9.17, 15) is 19.2 Å². The van der Waals surface area contributed by atoms with Gasteiger partial charge in [-0.1, -0.05) is 128 Å². The summed E-state index contributed by atoms with van der Waals surface area (Å²) in [6.45, 7) is 0. The zero-order chi connectivity index (χ0) is 38.6. The van der Waals surface area contributed by atoms with Crippen LogP contribution >= 0.6 is 36.0 Å². The standard InChI is InChI=1S/C9H9N3O.C8H5ClN2O.C8H6N2OS.C7H7NO2.CNS.CH5N.CH4.4Y/c1-10-9-11-7-5-3-2-4-6(7)8(13)12-9;9-8-10-6-4-2-1-3-5(6)7(12)11-8;11-7-5-3-1-2-4-6(5)9-8(12)10-7;8-6-4-2-1-3-5(6)7(9)10;2-1-3;1-2;;;;;/h2-5H,1H3,(H2,10,11,12,13);1-4H,(H,10,11,12);1-4H,(H2,9,10,11,12);1-4H,8H2,(H,9,10);;2H2,1H3;1H4;;;;/q;;;;-1;;;;;;/p-3. The van der Waals surface area contributed by atoms with Gasteiger partial charge in [-0.15, -0.1) is 0 Å². The minimum atomic E-state index is -0.988. The number of aromatic carboxylic acids is 1. The van der Waals surface area contributed by atoms with E-state index in [1.54, 1.807) is 73.8 Å². The summed E-state index contributed by atoms with van der Waals surface area (Å²) < 4.78 is 0.235. The summed E-state index contributed by atoms with van der Waals surface area (Å²) in [6.07, 6.45) is 0. The smallest absolute Gasteiger partial charge is 0.337 e. The molecule has 0 aliphatic heterocycles. The number of hydrogen-bond acceptors (Lipinski definition) is 10. The van der Waals surface area contributed by atoms with Crippen LogP contribution in [0.5, 0.6) is 0 Å². The quantitative estimate of drug-likeness (QED) is 0.0667. The van der Waals surface area contributed by atoms with Crippen molar-refractivity contribution in [3.8, 4) is 0 Å². The van der Waals surface area contributed by atoms with Crippen molar-refractivity contribution in [1.29, 1.82) is 0 Å². The number of carboxylic acid groups (broad SMARTS) is 1.